The molecule has 14 heteroatoms. The Hall–Kier alpha value is -3.42. The average Bonchev–Trinajstić information content (AvgIpc) is 2.70. The highest BCUT2D eigenvalue weighted by Crippen LogP contribution is 2.04. The molecule has 0 aliphatic rings. The monoisotopic (exact) mass is 472 g/mol. The van der Waals surface area contributed by atoms with Gasteiger partial charge in [0.1, 0.15) is 12.1 Å². The largest absolute Gasteiger partial charge is 0.480 e. The summed E-state index contributed by atoms with van der Waals surface area (Å²) in [7, 11) is 0. The van der Waals surface area contributed by atoms with E-state index in [0.29, 0.717) is 12.8 Å². The molecule has 0 aliphatic heterocycles. The molecule has 4 amide bonds. The SMILES string of the molecule is CC(C)CC(N)C(=O)NCC(=O)NC(CCCN=C(N)N)C(=O)NC(CCC(N)=O)C(=O)O. The van der Waals surface area contributed by atoms with Crippen LogP contribution in [0.3, 0.4) is 0 Å². The van der Waals surface area contributed by atoms with E-state index in [1.165, 1.54) is 0 Å². The first-order valence-electron chi connectivity index (χ1n) is 10.5. The van der Waals surface area contributed by atoms with Gasteiger partial charge in [0.15, 0.2) is 5.96 Å². The summed E-state index contributed by atoms with van der Waals surface area (Å²) in [4.78, 5) is 63.0. The molecule has 0 rings (SSSR count). The lowest BCUT2D eigenvalue weighted by Crippen LogP contribution is -2.53. The smallest absolute Gasteiger partial charge is 0.326 e. The van der Waals surface area contributed by atoms with Crippen molar-refractivity contribution in [2.24, 2.45) is 33.8 Å². The zero-order valence-electron chi connectivity index (χ0n) is 19.0. The lowest BCUT2D eigenvalue weighted by atomic mass is 10.0. The normalized spacial score (nSPS) is 13.3. The number of amides is 4. The number of nitrogens with zero attached hydrogens (tertiary/aromatic N) is 1. The predicted octanol–water partition coefficient (Wildman–Crippen LogP) is -3.15. The lowest BCUT2D eigenvalue weighted by Gasteiger charge is -2.21. The van der Waals surface area contributed by atoms with Crippen LogP contribution in [0, 0.1) is 5.92 Å². The number of hydrogen-bond acceptors (Lipinski definition) is 7. The molecule has 0 bridgehead atoms. The number of rotatable bonds is 16. The number of aliphatic carboxylic acids is 1. The molecular weight excluding hydrogens is 436 g/mol. The van der Waals surface area contributed by atoms with Crippen molar-refractivity contribution < 1.29 is 29.1 Å². The Morgan fingerprint density at radius 2 is 1.58 bits per heavy atom. The second kappa shape index (κ2) is 15.4. The number of carboxylic acids is 1. The molecule has 33 heavy (non-hydrogen) atoms. The van der Waals surface area contributed by atoms with E-state index >= 15 is 0 Å². The lowest BCUT2D eigenvalue weighted by molar-refractivity contribution is -0.142. The maximum Gasteiger partial charge on any atom is 0.326 e. The molecule has 0 radical (unpaired) electrons. The summed E-state index contributed by atoms with van der Waals surface area (Å²) >= 11 is 0. The maximum absolute atomic E-state index is 12.6. The molecular formula is C19H36N8O6. The number of aliphatic imine (C=N–C) groups is 1. The van der Waals surface area contributed by atoms with Crippen LogP contribution in [0.2, 0.25) is 0 Å². The number of nitrogens with two attached hydrogens (primary N) is 4. The molecule has 0 aromatic rings. The Kier molecular flexibility index (Phi) is 13.8. The van der Waals surface area contributed by atoms with Gasteiger partial charge in [-0.25, -0.2) is 4.79 Å². The van der Waals surface area contributed by atoms with Crippen LogP contribution in [0.1, 0.15) is 46.0 Å². The van der Waals surface area contributed by atoms with Gasteiger partial charge in [0.05, 0.1) is 12.6 Å². The number of carbonyl (C=O) groups excluding carboxylic acids is 4. The minimum atomic E-state index is -1.38. The van der Waals surface area contributed by atoms with Gasteiger partial charge in [0.2, 0.25) is 23.6 Å². The fourth-order valence-corrected chi connectivity index (χ4v) is 2.75. The van der Waals surface area contributed by atoms with E-state index in [4.69, 9.17) is 22.9 Å². The molecule has 0 heterocycles. The number of guanidine groups is 1. The first-order chi connectivity index (χ1) is 15.3. The van der Waals surface area contributed by atoms with Crippen molar-refractivity contribution >= 4 is 35.6 Å². The number of carbonyl (C=O) groups is 5. The van der Waals surface area contributed by atoms with Crippen LogP contribution in [0.15, 0.2) is 4.99 Å². The Balaban J connectivity index is 5.08. The van der Waals surface area contributed by atoms with Crippen LogP contribution in [0.25, 0.3) is 0 Å². The summed E-state index contributed by atoms with van der Waals surface area (Å²) < 4.78 is 0. The summed E-state index contributed by atoms with van der Waals surface area (Å²) in [5, 5.41) is 16.4. The van der Waals surface area contributed by atoms with Crippen molar-refractivity contribution in [3.63, 3.8) is 0 Å². The average molecular weight is 473 g/mol. The highest BCUT2D eigenvalue weighted by Gasteiger charge is 2.27. The molecule has 0 fully saturated rings. The van der Waals surface area contributed by atoms with E-state index in [0.717, 1.165) is 0 Å². The molecule has 3 atom stereocenters. The Labute approximate surface area is 192 Å². The Bertz CT molecular complexity index is 723. The molecule has 0 saturated heterocycles. The zero-order chi connectivity index (χ0) is 25.6. The molecule has 0 spiro atoms. The predicted molar refractivity (Wildman–Crippen MR) is 120 cm³/mol. The molecule has 0 aromatic carbocycles. The van der Waals surface area contributed by atoms with Crippen molar-refractivity contribution in [1.29, 1.82) is 0 Å². The zero-order valence-corrected chi connectivity index (χ0v) is 19.0. The van der Waals surface area contributed by atoms with E-state index in [9.17, 15) is 29.1 Å². The summed E-state index contributed by atoms with van der Waals surface area (Å²) in [6, 6.07) is -3.29. The van der Waals surface area contributed by atoms with Gasteiger partial charge in [0.25, 0.3) is 0 Å². The van der Waals surface area contributed by atoms with Gasteiger partial charge in [-0.1, -0.05) is 13.8 Å². The van der Waals surface area contributed by atoms with Gasteiger partial charge in [-0.15, -0.1) is 0 Å². The van der Waals surface area contributed by atoms with Gasteiger partial charge in [-0.3, -0.25) is 24.2 Å². The van der Waals surface area contributed by atoms with E-state index in [2.05, 4.69) is 20.9 Å². The van der Waals surface area contributed by atoms with Gasteiger partial charge in [0, 0.05) is 13.0 Å². The van der Waals surface area contributed by atoms with Crippen LogP contribution >= 0.6 is 0 Å². The number of carboxylic acid groups (broad SMARTS) is 1. The number of primary amides is 1. The third-order valence-electron chi connectivity index (χ3n) is 4.38. The Morgan fingerprint density at radius 3 is 2.09 bits per heavy atom. The van der Waals surface area contributed by atoms with Gasteiger partial charge >= 0.3 is 5.97 Å². The first kappa shape index (κ1) is 29.6. The second-order valence-corrected chi connectivity index (χ2v) is 7.93. The van der Waals surface area contributed by atoms with E-state index < -0.39 is 54.3 Å². The maximum atomic E-state index is 12.6. The second-order valence-electron chi connectivity index (χ2n) is 7.93. The molecule has 12 N–H and O–H groups in total. The van der Waals surface area contributed by atoms with Crippen molar-refractivity contribution in [3.05, 3.63) is 0 Å². The minimum Gasteiger partial charge on any atom is -0.480 e. The number of hydrogen-bond donors (Lipinski definition) is 8. The fraction of sp³-hybridized carbons (Fsp3) is 0.684. The molecule has 3 unspecified atom stereocenters. The van der Waals surface area contributed by atoms with Crippen LogP contribution in [0.5, 0.6) is 0 Å². The summed E-state index contributed by atoms with van der Waals surface area (Å²) in [6.45, 7) is 3.55. The van der Waals surface area contributed by atoms with Crippen LogP contribution in [-0.2, 0) is 24.0 Å². The standard InChI is InChI=1S/C19H36N8O6/c1-10(2)8-11(20)16(30)25-9-15(29)26-12(4-3-7-24-19(22)23)17(31)27-13(18(32)33)5-6-14(21)28/h10-13H,3-9,20H2,1-2H3,(H2,21,28)(H,25,30)(H,26,29)(H,27,31)(H,32,33)(H4,22,23,24). The molecule has 0 aromatic heterocycles. The van der Waals surface area contributed by atoms with E-state index in [-0.39, 0.29) is 37.7 Å². The molecule has 188 valence electrons. The third kappa shape index (κ3) is 14.3. The number of nitrogens with one attached hydrogen (secondary N) is 3. The van der Waals surface area contributed by atoms with E-state index in [1.807, 2.05) is 13.8 Å². The molecule has 0 saturated carbocycles. The quantitative estimate of drug-likeness (QED) is 0.0639. The minimum absolute atomic E-state index is 0.0807. The van der Waals surface area contributed by atoms with E-state index in [1.54, 1.807) is 0 Å². The topological polar surface area (TPSA) is 258 Å². The van der Waals surface area contributed by atoms with Gasteiger partial charge in [-0.05, 0) is 31.6 Å². The first-order valence-corrected chi connectivity index (χ1v) is 10.5. The van der Waals surface area contributed by atoms with Gasteiger partial charge < -0.3 is 44.0 Å². The van der Waals surface area contributed by atoms with Crippen molar-refractivity contribution in [1.82, 2.24) is 16.0 Å². The van der Waals surface area contributed by atoms with Crippen LogP contribution in [-0.4, -0.2) is 71.9 Å². The fourth-order valence-electron chi connectivity index (χ4n) is 2.75. The summed E-state index contributed by atoms with van der Waals surface area (Å²) in [6.07, 6.45) is 0.347. The van der Waals surface area contributed by atoms with Crippen molar-refractivity contribution in [3.8, 4) is 0 Å². The van der Waals surface area contributed by atoms with Crippen molar-refractivity contribution in [2.45, 2.75) is 64.1 Å². The van der Waals surface area contributed by atoms with Crippen LogP contribution in [0.4, 0.5) is 0 Å². The highest BCUT2D eigenvalue weighted by atomic mass is 16.4. The van der Waals surface area contributed by atoms with Gasteiger partial charge in [-0.2, -0.15) is 0 Å². The summed E-state index contributed by atoms with van der Waals surface area (Å²) in [5.74, 6) is -4.00. The third-order valence-corrected chi connectivity index (χ3v) is 4.38. The molecule has 0 aliphatic carbocycles. The Morgan fingerprint density at radius 1 is 0.939 bits per heavy atom. The molecule has 14 nitrogen and oxygen atoms in total. The highest BCUT2D eigenvalue weighted by molar-refractivity contribution is 5.92. The van der Waals surface area contributed by atoms with Crippen LogP contribution < -0.4 is 38.9 Å². The summed E-state index contributed by atoms with van der Waals surface area (Å²) in [5.41, 5.74) is 21.3. The van der Waals surface area contributed by atoms with Crippen molar-refractivity contribution in [2.75, 3.05) is 13.1 Å².